The van der Waals surface area contributed by atoms with Crippen molar-refractivity contribution in [2.24, 2.45) is 4.99 Å². The molecule has 31 heavy (non-hydrogen) atoms. The van der Waals surface area contributed by atoms with Gasteiger partial charge in [-0.2, -0.15) is 0 Å². The van der Waals surface area contributed by atoms with E-state index in [1.165, 1.54) is 12.1 Å². The highest BCUT2D eigenvalue weighted by Crippen LogP contribution is 2.13. The van der Waals surface area contributed by atoms with Gasteiger partial charge in [-0.15, -0.1) is 24.0 Å². The molecule has 0 spiro atoms. The van der Waals surface area contributed by atoms with E-state index in [2.05, 4.69) is 27.2 Å². The first-order valence-electron chi connectivity index (χ1n) is 10.5. The van der Waals surface area contributed by atoms with Gasteiger partial charge in [0.2, 0.25) is 0 Å². The molecule has 1 aromatic heterocycles. The van der Waals surface area contributed by atoms with Crippen molar-refractivity contribution >= 4 is 35.6 Å². The lowest BCUT2D eigenvalue weighted by molar-refractivity contribution is -0.384. The van der Waals surface area contributed by atoms with E-state index in [0.29, 0.717) is 6.54 Å². The Morgan fingerprint density at radius 3 is 2.55 bits per heavy atom. The predicted octanol–water partition coefficient (Wildman–Crippen LogP) is 3.57. The summed E-state index contributed by atoms with van der Waals surface area (Å²) >= 11 is 0. The molecule has 0 atom stereocenters. The number of hydrogen-bond donors (Lipinski definition) is 1. The number of nitro benzene ring substituents is 1. The van der Waals surface area contributed by atoms with Gasteiger partial charge in [-0.3, -0.25) is 15.0 Å². The minimum Gasteiger partial charge on any atom is -0.361 e. The van der Waals surface area contributed by atoms with Crippen molar-refractivity contribution in [3.8, 4) is 0 Å². The van der Waals surface area contributed by atoms with Crippen molar-refractivity contribution in [1.29, 1.82) is 0 Å². The SMILES string of the molecule is CCCCNC(=NCc1ccc([N+](=O)[O-])cc1)N1CCN(Cc2cc(C)on2)CC1.I. The number of nitro groups is 1. The van der Waals surface area contributed by atoms with Crippen LogP contribution in [0.1, 0.15) is 36.8 Å². The van der Waals surface area contributed by atoms with Gasteiger partial charge < -0.3 is 14.7 Å². The van der Waals surface area contributed by atoms with Crippen molar-refractivity contribution in [1.82, 2.24) is 20.3 Å². The van der Waals surface area contributed by atoms with E-state index in [4.69, 9.17) is 9.52 Å². The Morgan fingerprint density at radius 1 is 1.26 bits per heavy atom. The second kappa shape index (κ2) is 12.6. The minimum absolute atomic E-state index is 0. The van der Waals surface area contributed by atoms with Crippen molar-refractivity contribution in [3.63, 3.8) is 0 Å². The molecule has 1 aliphatic heterocycles. The zero-order valence-corrected chi connectivity index (χ0v) is 20.5. The molecule has 0 unspecified atom stereocenters. The summed E-state index contributed by atoms with van der Waals surface area (Å²) in [5.41, 5.74) is 2.02. The van der Waals surface area contributed by atoms with Crippen LogP contribution in [-0.4, -0.2) is 58.6 Å². The number of benzene rings is 1. The number of hydrogen-bond acceptors (Lipinski definition) is 6. The standard InChI is InChI=1S/C21H30N6O3.HI/c1-3-4-9-22-21(23-15-18-5-7-20(8-6-18)27(28)29)26-12-10-25(11-13-26)16-19-14-17(2)30-24-19;/h5-8,14H,3-4,9-13,15-16H2,1-2H3,(H,22,23);1H. The Bertz CT molecular complexity index is 847. The lowest BCUT2D eigenvalue weighted by atomic mass is 10.2. The number of rotatable bonds is 8. The molecule has 0 radical (unpaired) electrons. The Balaban J connectivity index is 0.00000341. The van der Waals surface area contributed by atoms with E-state index in [1.54, 1.807) is 12.1 Å². The summed E-state index contributed by atoms with van der Waals surface area (Å²) in [6, 6.07) is 8.57. The highest BCUT2D eigenvalue weighted by atomic mass is 127. The largest absolute Gasteiger partial charge is 0.361 e. The molecule has 0 bridgehead atoms. The van der Waals surface area contributed by atoms with Crippen LogP contribution in [-0.2, 0) is 13.1 Å². The lowest BCUT2D eigenvalue weighted by Crippen LogP contribution is -2.52. The summed E-state index contributed by atoms with van der Waals surface area (Å²) in [5, 5.41) is 18.4. The van der Waals surface area contributed by atoms with Crippen molar-refractivity contribution in [3.05, 3.63) is 57.5 Å². The van der Waals surface area contributed by atoms with Crippen LogP contribution >= 0.6 is 24.0 Å². The third kappa shape index (κ3) is 7.76. The molecule has 2 aromatic rings. The van der Waals surface area contributed by atoms with E-state index in [-0.39, 0.29) is 34.6 Å². The number of aliphatic imine (C=N–C) groups is 1. The van der Waals surface area contributed by atoms with Crippen LogP contribution in [0.25, 0.3) is 0 Å². The Labute approximate surface area is 200 Å². The van der Waals surface area contributed by atoms with Crippen LogP contribution in [0.3, 0.4) is 0 Å². The molecule has 1 N–H and O–H groups in total. The fraction of sp³-hybridized carbons (Fsp3) is 0.524. The van der Waals surface area contributed by atoms with Gasteiger partial charge in [0.1, 0.15) is 5.76 Å². The first-order valence-corrected chi connectivity index (χ1v) is 10.5. The van der Waals surface area contributed by atoms with Crippen LogP contribution in [0.5, 0.6) is 0 Å². The van der Waals surface area contributed by atoms with Gasteiger partial charge in [0, 0.05) is 57.5 Å². The average molecular weight is 542 g/mol. The fourth-order valence-electron chi connectivity index (χ4n) is 3.37. The maximum Gasteiger partial charge on any atom is 0.269 e. The van der Waals surface area contributed by atoms with Crippen molar-refractivity contribution < 1.29 is 9.45 Å². The number of nitrogens with one attached hydrogen (secondary N) is 1. The van der Waals surface area contributed by atoms with E-state index in [0.717, 1.165) is 75.1 Å². The summed E-state index contributed by atoms with van der Waals surface area (Å²) in [4.78, 5) is 19.9. The van der Waals surface area contributed by atoms with E-state index < -0.39 is 0 Å². The van der Waals surface area contributed by atoms with Gasteiger partial charge in [-0.25, -0.2) is 4.99 Å². The molecule has 3 rings (SSSR count). The Kier molecular flexibility index (Phi) is 10.2. The summed E-state index contributed by atoms with van der Waals surface area (Å²) in [6.45, 7) is 9.87. The normalized spacial score (nSPS) is 14.9. The summed E-state index contributed by atoms with van der Waals surface area (Å²) in [5.74, 6) is 1.74. The average Bonchev–Trinajstić information content (AvgIpc) is 3.16. The van der Waals surface area contributed by atoms with Gasteiger partial charge in [-0.1, -0.05) is 30.6 Å². The number of aryl methyl sites for hydroxylation is 1. The van der Waals surface area contributed by atoms with Gasteiger partial charge in [-0.05, 0) is 18.9 Å². The Hall–Kier alpha value is -2.21. The first kappa shape index (κ1) is 25.1. The molecule has 1 fully saturated rings. The molecule has 1 aromatic carbocycles. The fourth-order valence-corrected chi connectivity index (χ4v) is 3.37. The molecule has 2 heterocycles. The molecule has 0 amide bonds. The van der Waals surface area contributed by atoms with Crippen LogP contribution in [0.2, 0.25) is 0 Å². The number of piperazine rings is 1. The van der Waals surface area contributed by atoms with E-state index in [9.17, 15) is 10.1 Å². The second-order valence-electron chi connectivity index (χ2n) is 7.54. The van der Waals surface area contributed by atoms with E-state index in [1.807, 2.05) is 13.0 Å². The molecule has 1 aliphatic rings. The number of nitrogens with zero attached hydrogens (tertiary/aromatic N) is 5. The monoisotopic (exact) mass is 542 g/mol. The minimum atomic E-state index is -0.384. The second-order valence-corrected chi connectivity index (χ2v) is 7.54. The quantitative estimate of drug-likeness (QED) is 0.136. The number of non-ortho nitro benzene ring substituents is 1. The maximum atomic E-state index is 10.8. The van der Waals surface area contributed by atoms with Gasteiger partial charge in [0.15, 0.2) is 5.96 Å². The van der Waals surface area contributed by atoms with Crippen molar-refractivity contribution in [2.45, 2.75) is 39.8 Å². The van der Waals surface area contributed by atoms with Crippen LogP contribution in [0.4, 0.5) is 5.69 Å². The predicted molar refractivity (Wildman–Crippen MR) is 131 cm³/mol. The first-order chi connectivity index (χ1) is 14.5. The molecule has 10 heteroatoms. The zero-order chi connectivity index (χ0) is 21.3. The van der Waals surface area contributed by atoms with Crippen LogP contribution in [0.15, 0.2) is 39.8 Å². The summed E-state index contributed by atoms with van der Waals surface area (Å²) in [6.07, 6.45) is 2.20. The number of halogens is 1. The molecule has 0 saturated carbocycles. The lowest BCUT2D eigenvalue weighted by Gasteiger charge is -2.36. The summed E-state index contributed by atoms with van der Waals surface area (Å²) in [7, 11) is 0. The zero-order valence-electron chi connectivity index (χ0n) is 18.1. The number of aromatic nitrogens is 1. The third-order valence-electron chi connectivity index (χ3n) is 5.11. The van der Waals surface area contributed by atoms with Crippen LogP contribution < -0.4 is 5.32 Å². The topological polar surface area (TPSA) is 100 Å². The molecule has 9 nitrogen and oxygen atoms in total. The molecule has 0 aliphatic carbocycles. The smallest absolute Gasteiger partial charge is 0.269 e. The van der Waals surface area contributed by atoms with Gasteiger partial charge in [0.05, 0.1) is 17.2 Å². The molecular formula is C21H31IN6O3. The van der Waals surface area contributed by atoms with E-state index >= 15 is 0 Å². The summed E-state index contributed by atoms with van der Waals surface area (Å²) < 4.78 is 5.16. The maximum absolute atomic E-state index is 10.8. The third-order valence-corrected chi connectivity index (χ3v) is 5.11. The number of guanidine groups is 1. The molecular weight excluding hydrogens is 511 g/mol. The molecule has 170 valence electrons. The van der Waals surface area contributed by atoms with Crippen molar-refractivity contribution in [2.75, 3.05) is 32.7 Å². The highest BCUT2D eigenvalue weighted by molar-refractivity contribution is 14.0. The number of unbranched alkanes of at least 4 members (excludes halogenated alkanes) is 1. The van der Waals surface area contributed by atoms with Crippen LogP contribution in [0, 0.1) is 17.0 Å². The van der Waals surface area contributed by atoms with Gasteiger partial charge >= 0.3 is 0 Å². The Morgan fingerprint density at radius 2 is 1.97 bits per heavy atom. The van der Waals surface area contributed by atoms with Gasteiger partial charge in [0.25, 0.3) is 5.69 Å². The molecule has 1 saturated heterocycles. The highest BCUT2D eigenvalue weighted by Gasteiger charge is 2.20.